The second-order valence-electron chi connectivity index (χ2n) is 9.01. The summed E-state index contributed by atoms with van der Waals surface area (Å²) in [5.74, 6) is -0.199. The number of benzene rings is 2. The van der Waals surface area contributed by atoms with Crippen molar-refractivity contribution in [3.8, 4) is 16.9 Å². The van der Waals surface area contributed by atoms with Gasteiger partial charge in [-0.2, -0.15) is 0 Å². The molecule has 0 saturated heterocycles. The number of aryl methyl sites for hydroxylation is 1. The predicted octanol–water partition coefficient (Wildman–Crippen LogP) is 5.23. The summed E-state index contributed by atoms with van der Waals surface area (Å²) in [5.41, 5.74) is 5.66. The zero-order valence-corrected chi connectivity index (χ0v) is 19.9. The molecule has 2 aromatic carbocycles. The number of ether oxygens (including phenoxy) is 1. The van der Waals surface area contributed by atoms with Crippen LogP contribution in [0.4, 0.5) is 0 Å². The molecule has 2 aliphatic rings. The number of aromatic nitrogens is 2. The minimum Gasteiger partial charge on any atom is -0.465 e. The Bertz CT molecular complexity index is 1260. The van der Waals surface area contributed by atoms with E-state index in [1.165, 1.54) is 17.3 Å². The Labute approximate surface area is 198 Å². The second kappa shape index (κ2) is 8.82. The lowest BCUT2D eigenvalue weighted by Crippen LogP contribution is -2.40. The van der Waals surface area contributed by atoms with Crippen LogP contribution in [0, 0.1) is 6.92 Å². The van der Waals surface area contributed by atoms with Crippen molar-refractivity contribution >= 4 is 17.7 Å². The summed E-state index contributed by atoms with van der Waals surface area (Å²) in [7, 11) is 0. The first kappa shape index (κ1) is 22.0. The maximum Gasteiger partial charge on any atom is 0.316 e. The van der Waals surface area contributed by atoms with Crippen molar-refractivity contribution < 1.29 is 9.53 Å². The molecular formula is C27H28N2O3S. The zero-order chi connectivity index (χ0) is 23.0. The number of thioether (sulfide) groups is 1. The van der Waals surface area contributed by atoms with Gasteiger partial charge in [-0.15, -0.1) is 0 Å². The summed E-state index contributed by atoms with van der Waals surface area (Å²) < 4.78 is 6.83. The van der Waals surface area contributed by atoms with Crippen molar-refractivity contribution in [1.82, 2.24) is 9.55 Å². The molecule has 1 spiro atoms. The Morgan fingerprint density at radius 1 is 1.12 bits per heavy atom. The molecule has 3 aromatic rings. The molecule has 5 rings (SSSR count). The van der Waals surface area contributed by atoms with Crippen LogP contribution in [0.15, 0.2) is 58.5 Å². The van der Waals surface area contributed by atoms with Crippen LogP contribution >= 0.6 is 11.8 Å². The van der Waals surface area contributed by atoms with Crippen LogP contribution in [0.3, 0.4) is 0 Å². The summed E-state index contributed by atoms with van der Waals surface area (Å²) in [4.78, 5) is 31.5. The van der Waals surface area contributed by atoms with Crippen LogP contribution in [-0.2, 0) is 21.4 Å². The van der Waals surface area contributed by atoms with E-state index in [0.717, 1.165) is 60.2 Å². The molecule has 0 unspecified atom stereocenters. The van der Waals surface area contributed by atoms with Crippen molar-refractivity contribution in [3.63, 3.8) is 0 Å². The Hall–Kier alpha value is -2.86. The molecule has 6 heteroatoms. The third kappa shape index (κ3) is 3.90. The average Bonchev–Trinajstić information content (AvgIpc) is 3.27. The van der Waals surface area contributed by atoms with Crippen LogP contribution < -0.4 is 5.56 Å². The van der Waals surface area contributed by atoms with Gasteiger partial charge in [0.05, 0.1) is 29.3 Å². The minimum absolute atomic E-state index is 0.00776. The molecule has 1 saturated carbocycles. The molecule has 1 heterocycles. The Kier molecular flexibility index (Phi) is 5.87. The van der Waals surface area contributed by atoms with Crippen LogP contribution in [0.25, 0.3) is 16.9 Å². The van der Waals surface area contributed by atoms with Gasteiger partial charge < -0.3 is 4.74 Å². The molecule has 0 aliphatic heterocycles. The Morgan fingerprint density at radius 3 is 2.58 bits per heavy atom. The normalized spacial score (nSPS) is 15.8. The van der Waals surface area contributed by atoms with Crippen molar-refractivity contribution in [1.29, 1.82) is 0 Å². The minimum atomic E-state index is -0.308. The van der Waals surface area contributed by atoms with E-state index in [0.29, 0.717) is 11.8 Å². The van der Waals surface area contributed by atoms with Gasteiger partial charge >= 0.3 is 5.97 Å². The molecule has 33 heavy (non-hydrogen) atoms. The number of hydrogen-bond acceptors (Lipinski definition) is 5. The van der Waals surface area contributed by atoms with E-state index in [9.17, 15) is 9.59 Å². The average molecular weight is 461 g/mol. The molecule has 170 valence electrons. The number of carbonyl (C=O) groups is 1. The molecule has 0 bridgehead atoms. The number of esters is 1. The quantitative estimate of drug-likeness (QED) is 0.296. The fraction of sp³-hybridized carbons (Fsp3) is 0.370. The van der Waals surface area contributed by atoms with Gasteiger partial charge in [-0.05, 0) is 50.8 Å². The van der Waals surface area contributed by atoms with E-state index in [2.05, 4.69) is 18.2 Å². The van der Waals surface area contributed by atoms with E-state index in [1.807, 2.05) is 37.3 Å². The molecule has 5 nitrogen and oxygen atoms in total. The van der Waals surface area contributed by atoms with Crippen LogP contribution in [0.2, 0.25) is 0 Å². The van der Waals surface area contributed by atoms with E-state index in [1.54, 1.807) is 11.5 Å². The number of fused-ring (bicyclic) bond motifs is 4. The molecule has 0 N–H and O–H groups in total. The predicted molar refractivity (Wildman–Crippen MR) is 131 cm³/mol. The number of hydrogen-bond donors (Lipinski definition) is 0. The van der Waals surface area contributed by atoms with E-state index < -0.39 is 0 Å². The number of nitrogens with zero attached hydrogens (tertiary/aromatic N) is 2. The Balaban J connectivity index is 1.74. The van der Waals surface area contributed by atoms with Crippen LogP contribution in [0.5, 0.6) is 0 Å². The van der Waals surface area contributed by atoms with Crippen LogP contribution in [-0.4, -0.2) is 27.9 Å². The van der Waals surface area contributed by atoms with Gasteiger partial charge in [0.25, 0.3) is 5.56 Å². The van der Waals surface area contributed by atoms with Crippen molar-refractivity contribution in [2.45, 2.75) is 56.5 Å². The second-order valence-corrected chi connectivity index (χ2v) is 9.95. The lowest BCUT2D eigenvalue weighted by atomic mass is 9.68. The standard InChI is InChI=1S/C27H28N2O3S/c1-3-32-22(30)17-33-26-28-24-21-9-5-4-8-19(21)16-27(14-6-7-15-27)23(24)25(31)29(26)20-12-10-18(2)11-13-20/h4-5,8-13H,3,6-7,14-17H2,1-2H3. The van der Waals surface area contributed by atoms with Crippen LogP contribution in [0.1, 0.15) is 49.3 Å². The first-order valence-corrected chi connectivity index (χ1v) is 12.6. The number of rotatable bonds is 5. The zero-order valence-electron chi connectivity index (χ0n) is 19.1. The fourth-order valence-corrected chi connectivity index (χ4v) is 6.16. The van der Waals surface area contributed by atoms with Crippen molar-refractivity contribution in [2.75, 3.05) is 12.4 Å². The molecular weight excluding hydrogens is 432 g/mol. The molecule has 1 aromatic heterocycles. The smallest absolute Gasteiger partial charge is 0.316 e. The van der Waals surface area contributed by atoms with Gasteiger partial charge in [-0.1, -0.05) is 66.6 Å². The van der Waals surface area contributed by atoms with Gasteiger partial charge in [-0.3, -0.25) is 14.2 Å². The Morgan fingerprint density at radius 2 is 1.85 bits per heavy atom. The molecule has 0 atom stereocenters. The van der Waals surface area contributed by atoms with Gasteiger partial charge in [0.1, 0.15) is 0 Å². The highest BCUT2D eigenvalue weighted by atomic mass is 32.2. The molecule has 1 fully saturated rings. The highest BCUT2D eigenvalue weighted by Crippen LogP contribution is 2.50. The molecule has 0 amide bonds. The summed E-state index contributed by atoms with van der Waals surface area (Å²) in [5, 5.41) is 0.528. The monoisotopic (exact) mass is 460 g/mol. The summed E-state index contributed by atoms with van der Waals surface area (Å²) in [6, 6.07) is 16.2. The summed E-state index contributed by atoms with van der Waals surface area (Å²) in [6.07, 6.45) is 5.16. The lowest BCUT2D eigenvalue weighted by Gasteiger charge is -2.36. The highest BCUT2D eigenvalue weighted by Gasteiger charge is 2.44. The van der Waals surface area contributed by atoms with Gasteiger partial charge in [-0.25, -0.2) is 4.98 Å². The lowest BCUT2D eigenvalue weighted by molar-refractivity contribution is -0.139. The maximum absolute atomic E-state index is 14.3. The van der Waals surface area contributed by atoms with E-state index >= 15 is 0 Å². The van der Waals surface area contributed by atoms with E-state index in [-0.39, 0.29) is 22.7 Å². The summed E-state index contributed by atoms with van der Waals surface area (Å²) >= 11 is 1.26. The van der Waals surface area contributed by atoms with Crippen molar-refractivity contribution in [2.24, 2.45) is 0 Å². The first-order valence-electron chi connectivity index (χ1n) is 11.6. The topological polar surface area (TPSA) is 61.2 Å². The van der Waals surface area contributed by atoms with Gasteiger partial charge in [0, 0.05) is 11.0 Å². The number of carbonyl (C=O) groups excluding carboxylic acids is 1. The third-order valence-electron chi connectivity index (χ3n) is 6.86. The van der Waals surface area contributed by atoms with Crippen molar-refractivity contribution in [3.05, 3.63) is 75.6 Å². The SMILES string of the molecule is CCOC(=O)CSc1nc2c(c(=O)n1-c1ccc(C)cc1)C1(CCCC1)Cc1ccccc1-2. The molecule has 2 aliphatic carbocycles. The van der Waals surface area contributed by atoms with Gasteiger partial charge in [0.15, 0.2) is 5.16 Å². The third-order valence-corrected chi connectivity index (χ3v) is 7.77. The van der Waals surface area contributed by atoms with Gasteiger partial charge in [0.2, 0.25) is 0 Å². The molecule has 0 radical (unpaired) electrons. The highest BCUT2D eigenvalue weighted by molar-refractivity contribution is 7.99. The largest absolute Gasteiger partial charge is 0.465 e. The van der Waals surface area contributed by atoms with E-state index in [4.69, 9.17) is 9.72 Å². The maximum atomic E-state index is 14.3. The summed E-state index contributed by atoms with van der Waals surface area (Å²) in [6.45, 7) is 4.15. The fourth-order valence-electron chi connectivity index (χ4n) is 5.36. The first-order chi connectivity index (χ1) is 16.0.